The van der Waals surface area contributed by atoms with Gasteiger partial charge in [-0.2, -0.15) is 0 Å². The monoisotopic (exact) mass is 450 g/mol. The Bertz CT molecular complexity index is 1090. The van der Waals surface area contributed by atoms with Crippen LogP contribution in [0.2, 0.25) is 0 Å². The van der Waals surface area contributed by atoms with Gasteiger partial charge in [0.15, 0.2) is 0 Å². The molecule has 1 aliphatic heterocycles. The molecule has 0 spiro atoms. The van der Waals surface area contributed by atoms with E-state index in [1.165, 1.54) is 0 Å². The molecule has 10 heteroatoms. The maximum Gasteiger partial charge on any atom is 0.413 e. The number of para-hydroxylation sites is 1. The van der Waals surface area contributed by atoms with Gasteiger partial charge in [-0.1, -0.05) is 29.5 Å². The lowest BCUT2D eigenvalue weighted by Crippen LogP contribution is -2.37. The van der Waals surface area contributed by atoms with E-state index >= 15 is 0 Å². The van der Waals surface area contributed by atoms with E-state index in [1.54, 1.807) is 23.0 Å². The first-order chi connectivity index (χ1) is 16.1. The van der Waals surface area contributed by atoms with E-state index in [4.69, 9.17) is 9.84 Å². The van der Waals surface area contributed by atoms with Crippen LogP contribution in [0, 0.1) is 5.92 Å². The zero-order valence-corrected chi connectivity index (χ0v) is 18.1. The van der Waals surface area contributed by atoms with Crippen LogP contribution in [0.3, 0.4) is 0 Å². The number of nitrogens with zero attached hydrogens (tertiary/aromatic N) is 4. The largest absolute Gasteiger partial charge is 0.480 e. The van der Waals surface area contributed by atoms with Crippen molar-refractivity contribution >= 4 is 12.1 Å². The Kier molecular flexibility index (Phi) is 7.26. The van der Waals surface area contributed by atoms with E-state index in [0.717, 1.165) is 42.9 Å². The molecule has 0 aliphatic carbocycles. The minimum Gasteiger partial charge on any atom is -0.480 e. The number of carbonyl (C=O) groups is 2. The molecule has 4 rings (SSSR count). The standard InChI is InChI=1S/C23H26N6O4/c30-22(31)13-26-23(32)33-21-7-2-1-6-20(21)19-8-10-24-12-16(19)11-18-15-29(28-27-18)14-17-5-3-4-9-25-17/h1-7,9,15-16,19,24H,8,10-14H2,(H,26,32)(H,30,31). The van der Waals surface area contributed by atoms with Crippen molar-refractivity contribution in [1.82, 2.24) is 30.6 Å². The molecule has 3 aromatic rings. The Morgan fingerprint density at radius 2 is 2.03 bits per heavy atom. The Morgan fingerprint density at radius 1 is 1.18 bits per heavy atom. The average Bonchev–Trinajstić information content (AvgIpc) is 3.26. The molecule has 10 nitrogen and oxygen atoms in total. The molecule has 1 aliphatic rings. The third-order valence-electron chi connectivity index (χ3n) is 5.62. The van der Waals surface area contributed by atoms with Crippen molar-refractivity contribution in [2.24, 2.45) is 5.92 Å². The molecule has 1 fully saturated rings. The number of piperidine rings is 1. The predicted octanol–water partition coefficient (Wildman–Crippen LogP) is 1.83. The molecule has 0 radical (unpaired) electrons. The lowest BCUT2D eigenvalue weighted by molar-refractivity contribution is -0.135. The Labute approximate surface area is 191 Å². The molecule has 2 aromatic heterocycles. The maximum absolute atomic E-state index is 12.0. The summed E-state index contributed by atoms with van der Waals surface area (Å²) in [5, 5.41) is 23.0. The van der Waals surface area contributed by atoms with Crippen LogP contribution in [-0.2, 0) is 17.8 Å². The topological polar surface area (TPSA) is 131 Å². The molecule has 1 saturated heterocycles. The number of ether oxygens (including phenoxy) is 1. The highest BCUT2D eigenvalue weighted by molar-refractivity contribution is 5.77. The fourth-order valence-corrected chi connectivity index (χ4v) is 4.15. The SMILES string of the molecule is O=C(O)CNC(=O)Oc1ccccc1C1CCNCC1Cc1cn(Cc2ccccn2)nn1. The second-order valence-electron chi connectivity index (χ2n) is 7.97. The summed E-state index contributed by atoms with van der Waals surface area (Å²) >= 11 is 0. The number of hydrogen-bond acceptors (Lipinski definition) is 7. The number of rotatable bonds is 8. The average molecular weight is 450 g/mol. The number of carboxylic acids is 1. The molecule has 0 saturated carbocycles. The molecule has 33 heavy (non-hydrogen) atoms. The number of aromatic nitrogens is 4. The fraction of sp³-hybridized carbons (Fsp3) is 0.348. The summed E-state index contributed by atoms with van der Waals surface area (Å²) in [6, 6.07) is 13.2. The highest BCUT2D eigenvalue weighted by Crippen LogP contribution is 2.37. The van der Waals surface area contributed by atoms with Gasteiger partial charge in [-0.3, -0.25) is 9.78 Å². The summed E-state index contributed by atoms with van der Waals surface area (Å²) in [5.74, 6) is -0.313. The molecule has 172 valence electrons. The summed E-state index contributed by atoms with van der Waals surface area (Å²) in [7, 11) is 0. The molecule has 1 aromatic carbocycles. The third kappa shape index (κ3) is 6.13. The normalized spacial score (nSPS) is 17.9. The summed E-state index contributed by atoms with van der Waals surface area (Å²) < 4.78 is 7.23. The van der Waals surface area contributed by atoms with E-state index < -0.39 is 18.6 Å². The van der Waals surface area contributed by atoms with Crippen molar-refractivity contribution in [2.75, 3.05) is 19.6 Å². The molecule has 2 atom stereocenters. The van der Waals surface area contributed by atoms with Crippen LogP contribution in [0.15, 0.2) is 54.9 Å². The number of amides is 1. The van der Waals surface area contributed by atoms with Gasteiger partial charge in [0, 0.05) is 12.4 Å². The number of pyridine rings is 1. The molecule has 3 heterocycles. The summed E-state index contributed by atoms with van der Waals surface area (Å²) in [4.78, 5) is 27.1. The number of carboxylic acid groups (broad SMARTS) is 1. The number of aliphatic carboxylic acids is 1. The lowest BCUT2D eigenvalue weighted by atomic mass is 9.78. The van der Waals surface area contributed by atoms with Gasteiger partial charge in [0.05, 0.1) is 17.9 Å². The van der Waals surface area contributed by atoms with Gasteiger partial charge in [0.25, 0.3) is 0 Å². The Balaban J connectivity index is 1.46. The summed E-state index contributed by atoms with van der Waals surface area (Å²) in [5.41, 5.74) is 2.73. The van der Waals surface area contributed by atoms with E-state index in [1.807, 2.05) is 36.5 Å². The minimum atomic E-state index is -1.13. The van der Waals surface area contributed by atoms with Gasteiger partial charge in [-0.15, -0.1) is 5.10 Å². The van der Waals surface area contributed by atoms with E-state index in [9.17, 15) is 9.59 Å². The van der Waals surface area contributed by atoms with Gasteiger partial charge >= 0.3 is 12.1 Å². The van der Waals surface area contributed by atoms with Gasteiger partial charge in [-0.05, 0) is 61.5 Å². The van der Waals surface area contributed by atoms with E-state index in [2.05, 4.69) is 25.9 Å². The van der Waals surface area contributed by atoms with Gasteiger partial charge in [-0.25, -0.2) is 9.48 Å². The summed E-state index contributed by atoms with van der Waals surface area (Å²) in [6.07, 6.45) is 4.52. The molecule has 2 unspecified atom stereocenters. The first kappa shape index (κ1) is 22.4. The molecular weight excluding hydrogens is 424 g/mol. The molecule has 1 amide bonds. The highest BCUT2D eigenvalue weighted by atomic mass is 16.6. The van der Waals surface area contributed by atoms with Crippen molar-refractivity contribution < 1.29 is 19.4 Å². The van der Waals surface area contributed by atoms with Gasteiger partial charge in [0.1, 0.15) is 12.3 Å². The molecule has 0 bridgehead atoms. The van der Waals surface area contributed by atoms with Crippen molar-refractivity contribution in [3.63, 3.8) is 0 Å². The fourth-order valence-electron chi connectivity index (χ4n) is 4.15. The number of benzene rings is 1. The second-order valence-corrected chi connectivity index (χ2v) is 7.97. The van der Waals surface area contributed by atoms with Crippen LogP contribution < -0.4 is 15.4 Å². The maximum atomic E-state index is 12.0. The van der Waals surface area contributed by atoms with Crippen LogP contribution in [0.4, 0.5) is 4.79 Å². The number of nitrogens with one attached hydrogen (secondary N) is 2. The Hall–Kier alpha value is -3.79. The number of hydrogen-bond donors (Lipinski definition) is 3. The van der Waals surface area contributed by atoms with Crippen LogP contribution in [0.25, 0.3) is 0 Å². The van der Waals surface area contributed by atoms with Crippen LogP contribution in [-0.4, -0.2) is 56.8 Å². The first-order valence-electron chi connectivity index (χ1n) is 10.8. The second kappa shape index (κ2) is 10.7. The van der Waals surface area contributed by atoms with Crippen LogP contribution in [0.1, 0.15) is 29.3 Å². The zero-order chi connectivity index (χ0) is 23.0. The van der Waals surface area contributed by atoms with Gasteiger partial charge < -0.3 is 20.5 Å². The van der Waals surface area contributed by atoms with Crippen LogP contribution >= 0.6 is 0 Å². The predicted molar refractivity (Wildman–Crippen MR) is 119 cm³/mol. The zero-order valence-electron chi connectivity index (χ0n) is 18.1. The third-order valence-corrected chi connectivity index (χ3v) is 5.62. The first-order valence-corrected chi connectivity index (χ1v) is 10.8. The quantitative estimate of drug-likeness (QED) is 0.474. The highest BCUT2D eigenvalue weighted by Gasteiger charge is 2.30. The lowest BCUT2D eigenvalue weighted by Gasteiger charge is -2.33. The molecule has 3 N–H and O–H groups in total. The minimum absolute atomic E-state index is 0.149. The summed E-state index contributed by atoms with van der Waals surface area (Å²) in [6.45, 7) is 1.72. The Morgan fingerprint density at radius 3 is 2.85 bits per heavy atom. The van der Waals surface area contributed by atoms with Crippen molar-refractivity contribution in [3.8, 4) is 5.75 Å². The van der Waals surface area contributed by atoms with Gasteiger partial charge in [0.2, 0.25) is 0 Å². The van der Waals surface area contributed by atoms with Crippen LogP contribution in [0.5, 0.6) is 5.75 Å². The van der Waals surface area contributed by atoms with E-state index in [0.29, 0.717) is 12.3 Å². The van der Waals surface area contributed by atoms with Crippen molar-refractivity contribution in [2.45, 2.75) is 25.3 Å². The van der Waals surface area contributed by atoms with E-state index in [-0.39, 0.29) is 11.8 Å². The molecular formula is C23H26N6O4. The smallest absolute Gasteiger partial charge is 0.413 e. The van der Waals surface area contributed by atoms with Crippen molar-refractivity contribution in [1.29, 1.82) is 0 Å². The number of carbonyl (C=O) groups excluding carboxylic acids is 1. The van der Waals surface area contributed by atoms with Crippen molar-refractivity contribution in [3.05, 3.63) is 71.8 Å².